The molecule has 0 aliphatic carbocycles. The number of hydrogen-bond donors (Lipinski definition) is 1. The van der Waals surface area contributed by atoms with Crippen molar-refractivity contribution >= 4 is 11.7 Å². The molecule has 1 fully saturated rings. The van der Waals surface area contributed by atoms with Crippen molar-refractivity contribution in [2.24, 2.45) is 5.41 Å². The van der Waals surface area contributed by atoms with Crippen molar-refractivity contribution in [2.75, 3.05) is 18.0 Å². The van der Waals surface area contributed by atoms with Gasteiger partial charge in [-0.2, -0.15) is 0 Å². The smallest absolute Gasteiger partial charge is 0.307 e. The van der Waals surface area contributed by atoms with Crippen LogP contribution in [-0.4, -0.2) is 29.1 Å². The second-order valence-electron chi connectivity index (χ2n) is 10.1. The number of benzene rings is 2. The van der Waals surface area contributed by atoms with Crippen LogP contribution in [0.5, 0.6) is 0 Å². The molecule has 0 atom stereocenters. The number of rotatable bonds is 6. The maximum atomic E-state index is 11.8. The number of nitrogens with zero attached hydrogens (tertiary/aromatic N) is 2. The zero-order valence-corrected chi connectivity index (χ0v) is 20.2. The zero-order valence-electron chi connectivity index (χ0n) is 20.2. The van der Waals surface area contributed by atoms with Gasteiger partial charge in [0.1, 0.15) is 0 Å². The molecular weight excluding hydrogens is 408 g/mol. The van der Waals surface area contributed by atoms with Gasteiger partial charge >= 0.3 is 5.97 Å². The normalized spacial score (nSPS) is 15.5. The Hall–Kier alpha value is -3.14. The van der Waals surface area contributed by atoms with Crippen LogP contribution in [0, 0.1) is 19.3 Å². The lowest BCUT2D eigenvalue weighted by molar-refractivity contribution is -0.136. The van der Waals surface area contributed by atoms with Gasteiger partial charge in [-0.3, -0.25) is 9.78 Å². The summed E-state index contributed by atoms with van der Waals surface area (Å²) in [6, 6.07) is 19.2. The standard InChI is InChI=1S/C29H34N2O2/c1-20-25(19-26(32)33)28(31-16-14-29(3,4)15-17-31)27(21(2)30-20)24-12-10-23(11-13-24)18-22-8-6-5-7-9-22/h5-13H,14-19H2,1-4H3,(H,32,33). The molecule has 0 radical (unpaired) electrons. The molecule has 4 nitrogen and oxygen atoms in total. The lowest BCUT2D eigenvalue weighted by atomic mass is 9.82. The molecule has 0 saturated carbocycles. The van der Waals surface area contributed by atoms with E-state index >= 15 is 0 Å². The molecule has 0 bridgehead atoms. The summed E-state index contributed by atoms with van der Waals surface area (Å²) in [5, 5.41) is 9.66. The number of aromatic nitrogens is 1. The molecule has 4 heteroatoms. The van der Waals surface area contributed by atoms with E-state index in [1.54, 1.807) is 0 Å². The summed E-state index contributed by atoms with van der Waals surface area (Å²) in [7, 11) is 0. The van der Waals surface area contributed by atoms with Crippen molar-refractivity contribution in [3.8, 4) is 11.1 Å². The average molecular weight is 443 g/mol. The highest BCUT2D eigenvalue weighted by atomic mass is 16.4. The van der Waals surface area contributed by atoms with E-state index < -0.39 is 5.97 Å². The van der Waals surface area contributed by atoms with Gasteiger partial charge in [0.15, 0.2) is 0 Å². The highest BCUT2D eigenvalue weighted by molar-refractivity contribution is 5.86. The van der Waals surface area contributed by atoms with E-state index in [2.05, 4.69) is 67.3 Å². The van der Waals surface area contributed by atoms with Crippen LogP contribution in [0.25, 0.3) is 11.1 Å². The maximum Gasteiger partial charge on any atom is 0.307 e. The van der Waals surface area contributed by atoms with Crippen LogP contribution < -0.4 is 4.90 Å². The Morgan fingerprint density at radius 2 is 1.55 bits per heavy atom. The van der Waals surface area contributed by atoms with Crippen LogP contribution in [0.3, 0.4) is 0 Å². The first-order valence-corrected chi connectivity index (χ1v) is 11.8. The molecule has 1 aliphatic heterocycles. The molecule has 33 heavy (non-hydrogen) atoms. The number of aryl methyl sites for hydroxylation is 2. The van der Waals surface area contributed by atoms with Crippen LogP contribution >= 0.6 is 0 Å². The van der Waals surface area contributed by atoms with Gasteiger partial charge in [0.2, 0.25) is 0 Å². The number of pyridine rings is 1. The summed E-state index contributed by atoms with van der Waals surface area (Å²) in [6.45, 7) is 10.5. The lowest BCUT2D eigenvalue weighted by Crippen LogP contribution is -2.38. The van der Waals surface area contributed by atoms with E-state index in [1.165, 1.54) is 11.1 Å². The Morgan fingerprint density at radius 3 is 2.15 bits per heavy atom. The SMILES string of the molecule is Cc1nc(C)c(-c2ccc(Cc3ccccc3)cc2)c(N2CCC(C)(C)CC2)c1CC(=O)O. The molecule has 0 spiro atoms. The predicted molar refractivity (Wildman–Crippen MR) is 135 cm³/mol. The molecule has 2 aromatic carbocycles. The van der Waals surface area contributed by atoms with Crippen LogP contribution in [0.15, 0.2) is 54.6 Å². The molecular formula is C29H34N2O2. The first-order chi connectivity index (χ1) is 15.7. The second kappa shape index (κ2) is 9.38. The number of piperidine rings is 1. The summed E-state index contributed by atoms with van der Waals surface area (Å²) < 4.78 is 0. The molecule has 172 valence electrons. The Bertz CT molecular complexity index is 1120. The second-order valence-corrected chi connectivity index (χ2v) is 10.1. The molecule has 1 N–H and O–H groups in total. The number of carbonyl (C=O) groups is 1. The third-order valence-corrected chi connectivity index (χ3v) is 6.91. The topological polar surface area (TPSA) is 53.4 Å². The van der Waals surface area contributed by atoms with Crippen LogP contribution in [0.2, 0.25) is 0 Å². The molecule has 0 amide bonds. The summed E-state index contributed by atoms with van der Waals surface area (Å²) >= 11 is 0. The van der Waals surface area contributed by atoms with E-state index in [0.29, 0.717) is 5.41 Å². The first kappa shape index (κ1) is 23.0. The largest absolute Gasteiger partial charge is 0.481 e. The van der Waals surface area contributed by atoms with Gasteiger partial charge < -0.3 is 10.0 Å². The fourth-order valence-corrected chi connectivity index (χ4v) is 4.88. The Balaban J connectivity index is 1.76. The highest BCUT2D eigenvalue weighted by Gasteiger charge is 2.30. The molecule has 4 rings (SSSR count). The van der Waals surface area contributed by atoms with Gasteiger partial charge in [-0.15, -0.1) is 0 Å². The average Bonchev–Trinajstić information content (AvgIpc) is 2.77. The first-order valence-electron chi connectivity index (χ1n) is 11.8. The van der Waals surface area contributed by atoms with Crippen molar-refractivity contribution in [1.29, 1.82) is 0 Å². The summed E-state index contributed by atoms with van der Waals surface area (Å²) in [4.78, 5) is 19.0. The number of aliphatic carboxylic acids is 1. The minimum atomic E-state index is -0.813. The number of anilines is 1. The highest BCUT2D eigenvalue weighted by Crippen LogP contribution is 2.41. The van der Waals surface area contributed by atoms with Gasteiger partial charge in [-0.25, -0.2) is 0 Å². The molecule has 1 saturated heterocycles. The van der Waals surface area contributed by atoms with Gasteiger partial charge in [-0.1, -0.05) is 68.4 Å². The van der Waals surface area contributed by atoms with Crippen molar-refractivity contribution in [3.63, 3.8) is 0 Å². The fraction of sp³-hybridized carbons (Fsp3) is 0.379. The summed E-state index contributed by atoms with van der Waals surface area (Å²) in [5.74, 6) is -0.813. The lowest BCUT2D eigenvalue weighted by Gasteiger charge is -2.40. The predicted octanol–water partition coefficient (Wildman–Crippen LogP) is 6.21. The van der Waals surface area contributed by atoms with E-state index in [9.17, 15) is 9.90 Å². The number of carboxylic acid groups (broad SMARTS) is 1. The van der Waals surface area contributed by atoms with Crippen molar-refractivity contribution in [1.82, 2.24) is 4.98 Å². The van der Waals surface area contributed by atoms with E-state index in [0.717, 1.165) is 66.1 Å². The van der Waals surface area contributed by atoms with Crippen LogP contribution in [-0.2, 0) is 17.6 Å². The number of hydrogen-bond acceptors (Lipinski definition) is 3. The molecule has 2 heterocycles. The number of carboxylic acids is 1. The van der Waals surface area contributed by atoms with Gasteiger partial charge in [-0.05, 0) is 55.2 Å². The quantitative estimate of drug-likeness (QED) is 0.493. The molecule has 0 unspecified atom stereocenters. The maximum absolute atomic E-state index is 11.8. The van der Waals surface area contributed by atoms with Gasteiger partial charge in [0.25, 0.3) is 0 Å². The van der Waals surface area contributed by atoms with Crippen LogP contribution in [0.4, 0.5) is 5.69 Å². The molecule has 1 aromatic heterocycles. The van der Waals surface area contributed by atoms with Crippen molar-refractivity contribution in [2.45, 2.75) is 53.4 Å². The Kier molecular flexibility index (Phi) is 6.55. The third kappa shape index (κ3) is 5.27. The monoisotopic (exact) mass is 442 g/mol. The van der Waals surface area contributed by atoms with Gasteiger partial charge in [0, 0.05) is 35.6 Å². The molecule has 1 aliphatic rings. The van der Waals surface area contributed by atoms with Crippen LogP contribution in [0.1, 0.15) is 54.8 Å². The van der Waals surface area contributed by atoms with E-state index in [-0.39, 0.29) is 6.42 Å². The van der Waals surface area contributed by atoms with Crippen molar-refractivity contribution in [3.05, 3.63) is 82.7 Å². The summed E-state index contributed by atoms with van der Waals surface area (Å²) in [6.07, 6.45) is 3.07. The third-order valence-electron chi connectivity index (χ3n) is 6.91. The zero-order chi connectivity index (χ0) is 23.6. The Labute approximate surface area is 197 Å². The Morgan fingerprint density at radius 1 is 0.939 bits per heavy atom. The minimum Gasteiger partial charge on any atom is -0.481 e. The summed E-state index contributed by atoms with van der Waals surface area (Å²) in [5.41, 5.74) is 8.72. The van der Waals surface area contributed by atoms with E-state index in [1.807, 2.05) is 19.9 Å². The minimum absolute atomic E-state index is 0.00652. The molecule has 3 aromatic rings. The van der Waals surface area contributed by atoms with Gasteiger partial charge in [0.05, 0.1) is 12.1 Å². The van der Waals surface area contributed by atoms with E-state index in [4.69, 9.17) is 4.98 Å². The van der Waals surface area contributed by atoms with Crippen molar-refractivity contribution < 1.29 is 9.90 Å². The fourth-order valence-electron chi connectivity index (χ4n) is 4.88.